The molecule has 3 rings (SSSR count). The third-order valence-corrected chi connectivity index (χ3v) is 7.30. The van der Waals surface area contributed by atoms with Crippen molar-refractivity contribution in [2.24, 2.45) is 0 Å². The molecule has 1 saturated heterocycles. The van der Waals surface area contributed by atoms with Crippen molar-refractivity contribution in [3.8, 4) is 0 Å². The summed E-state index contributed by atoms with van der Waals surface area (Å²) in [4.78, 5) is 12.9. The smallest absolute Gasteiger partial charge is 0.243 e. The molecule has 0 radical (unpaired) electrons. The molecule has 150 valence electrons. The van der Waals surface area contributed by atoms with Crippen LogP contribution in [0.5, 0.6) is 0 Å². The van der Waals surface area contributed by atoms with Gasteiger partial charge in [-0.25, -0.2) is 8.42 Å². The molecule has 28 heavy (non-hydrogen) atoms. The molecular weight excluding hydrogens is 396 g/mol. The first-order chi connectivity index (χ1) is 13.4. The standard InChI is InChI=1S/C21H25ClN2O3S/c1-2-16-7-3-4-9-20(16)23-21(25)15-18-8-5-6-14-24(18)28(26,27)19-12-10-17(22)11-13-19/h3-4,7,9-13,18H,2,5-6,8,14-15H2,1H3,(H,23,25)/t18-/m1/s1. The summed E-state index contributed by atoms with van der Waals surface area (Å²) in [7, 11) is -3.66. The normalized spacial score (nSPS) is 18.0. The molecule has 5 nitrogen and oxygen atoms in total. The van der Waals surface area contributed by atoms with E-state index in [-0.39, 0.29) is 23.3 Å². The van der Waals surface area contributed by atoms with Crippen molar-refractivity contribution in [1.29, 1.82) is 0 Å². The number of halogens is 1. The van der Waals surface area contributed by atoms with Gasteiger partial charge in [-0.05, 0) is 55.2 Å². The highest BCUT2D eigenvalue weighted by Crippen LogP contribution is 2.28. The van der Waals surface area contributed by atoms with Crippen molar-refractivity contribution in [3.05, 3.63) is 59.1 Å². The van der Waals surface area contributed by atoms with E-state index in [9.17, 15) is 13.2 Å². The summed E-state index contributed by atoms with van der Waals surface area (Å²) >= 11 is 5.89. The second-order valence-corrected chi connectivity index (χ2v) is 9.31. The Hall–Kier alpha value is -1.89. The number of benzene rings is 2. The van der Waals surface area contributed by atoms with Gasteiger partial charge >= 0.3 is 0 Å². The summed E-state index contributed by atoms with van der Waals surface area (Å²) in [6.07, 6.45) is 3.34. The van der Waals surface area contributed by atoms with E-state index in [0.717, 1.165) is 30.5 Å². The van der Waals surface area contributed by atoms with Crippen LogP contribution in [0.1, 0.15) is 38.2 Å². The Morgan fingerprint density at radius 2 is 1.86 bits per heavy atom. The summed E-state index contributed by atoms with van der Waals surface area (Å²) in [5.41, 5.74) is 1.85. The minimum Gasteiger partial charge on any atom is -0.326 e. The van der Waals surface area contributed by atoms with Crippen LogP contribution in [-0.4, -0.2) is 31.2 Å². The number of hydrogen-bond acceptors (Lipinski definition) is 3. The van der Waals surface area contributed by atoms with Crippen LogP contribution >= 0.6 is 11.6 Å². The summed E-state index contributed by atoms with van der Waals surface area (Å²) < 4.78 is 27.7. The Morgan fingerprint density at radius 3 is 2.57 bits per heavy atom. The number of carbonyl (C=O) groups is 1. The number of carbonyl (C=O) groups excluding carboxylic acids is 1. The lowest BCUT2D eigenvalue weighted by Crippen LogP contribution is -2.45. The van der Waals surface area contributed by atoms with Gasteiger partial charge in [-0.15, -0.1) is 0 Å². The first kappa shape index (κ1) is 20.8. The van der Waals surface area contributed by atoms with Gasteiger partial charge in [0, 0.05) is 29.7 Å². The predicted molar refractivity (Wildman–Crippen MR) is 112 cm³/mol. The fourth-order valence-electron chi connectivity index (χ4n) is 3.60. The van der Waals surface area contributed by atoms with E-state index in [0.29, 0.717) is 18.0 Å². The highest BCUT2D eigenvalue weighted by Gasteiger charge is 2.34. The minimum atomic E-state index is -3.66. The van der Waals surface area contributed by atoms with Gasteiger partial charge in [0.05, 0.1) is 4.90 Å². The second-order valence-electron chi connectivity index (χ2n) is 6.98. The fourth-order valence-corrected chi connectivity index (χ4v) is 5.42. The van der Waals surface area contributed by atoms with Crippen molar-refractivity contribution in [1.82, 2.24) is 4.31 Å². The average molecular weight is 421 g/mol. The summed E-state index contributed by atoms with van der Waals surface area (Å²) in [6.45, 7) is 2.46. The van der Waals surface area contributed by atoms with Crippen LogP contribution < -0.4 is 5.32 Å². The first-order valence-electron chi connectivity index (χ1n) is 9.57. The topological polar surface area (TPSA) is 66.5 Å². The maximum Gasteiger partial charge on any atom is 0.243 e. The molecule has 0 bridgehead atoms. The first-order valence-corrected chi connectivity index (χ1v) is 11.4. The van der Waals surface area contributed by atoms with E-state index in [2.05, 4.69) is 5.32 Å². The molecule has 1 fully saturated rings. The molecular formula is C21H25ClN2O3S. The molecule has 1 amide bonds. The van der Waals surface area contributed by atoms with E-state index in [1.807, 2.05) is 31.2 Å². The number of amides is 1. The largest absolute Gasteiger partial charge is 0.326 e. The zero-order valence-corrected chi connectivity index (χ0v) is 17.5. The van der Waals surface area contributed by atoms with Gasteiger partial charge < -0.3 is 5.32 Å². The number of sulfonamides is 1. The molecule has 1 atom stereocenters. The van der Waals surface area contributed by atoms with Gasteiger partial charge in [-0.1, -0.05) is 43.1 Å². The third kappa shape index (κ3) is 4.74. The second kappa shape index (κ2) is 9.07. The van der Waals surface area contributed by atoms with Gasteiger partial charge in [0.25, 0.3) is 0 Å². The van der Waals surface area contributed by atoms with Crippen molar-refractivity contribution in [2.75, 3.05) is 11.9 Å². The summed E-state index contributed by atoms with van der Waals surface area (Å²) in [6, 6.07) is 13.5. The zero-order chi connectivity index (χ0) is 20.1. The van der Waals surface area contributed by atoms with Crippen molar-refractivity contribution in [2.45, 2.75) is 50.0 Å². The molecule has 7 heteroatoms. The number of anilines is 1. The summed E-state index contributed by atoms with van der Waals surface area (Å²) in [5, 5.41) is 3.44. The molecule has 2 aromatic rings. The van der Waals surface area contributed by atoms with E-state index >= 15 is 0 Å². The molecule has 1 aliphatic rings. The molecule has 0 saturated carbocycles. The molecule has 0 unspecified atom stereocenters. The van der Waals surface area contributed by atoms with Gasteiger partial charge in [-0.3, -0.25) is 4.79 Å². The molecule has 0 aliphatic carbocycles. The lowest BCUT2D eigenvalue weighted by molar-refractivity contribution is -0.117. The Kier molecular flexibility index (Phi) is 6.75. The van der Waals surface area contributed by atoms with E-state index in [4.69, 9.17) is 11.6 Å². The van der Waals surface area contributed by atoms with Crippen LogP contribution in [0.2, 0.25) is 5.02 Å². The number of nitrogens with one attached hydrogen (secondary N) is 1. The number of hydrogen-bond donors (Lipinski definition) is 1. The molecule has 1 heterocycles. The van der Waals surface area contributed by atoms with E-state index < -0.39 is 10.0 Å². The summed E-state index contributed by atoms with van der Waals surface area (Å²) in [5.74, 6) is -0.163. The van der Waals surface area contributed by atoms with Crippen LogP contribution in [0.15, 0.2) is 53.4 Å². The van der Waals surface area contributed by atoms with Crippen LogP contribution in [0.25, 0.3) is 0 Å². The molecule has 0 aromatic heterocycles. The van der Waals surface area contributed by atoms with Crippen molar-refractivity contribution < 1.29 is 13.2 Å². The molecule has 1 N–H and O–H groups in total. The quantitative estimate of drug-likeness (QED) is 0.749. The zero-order valence-electron chi connectivity index (χ0n) is 15.9. The number of piperidine rings is 1. The van der Waals surface area contributed by atoms with Gasteiger partial charge in [-0.2, -0.15) is 4.31 Å². The van der Waals surface area contributed by atoms with Gasteiger partial charge in [0.1, 0.15) is 0 Å². The van der Waals surface area contributed by atoms with Crippen LogP contribution in [-0.2, 0) is 21.2 Å². The highest BCUT2D eigenvalue weighted by molar-refractivity contribution is 7.89. The monoisotopic (exact) mass is 420 g/mol. The maximum atomic E-state index is 13.1. The number of para-hydroxylation sites is 1. The van der Waals surface area contributed by atoms with E-state index in [1.54, 1.807) is 12.1 Å². The number of rotatable bonds is 6. The van der Waals surface area contributed by atoms with Gasteiger partial charge in [0.2, 0.25) is 15.9 Å². The van der Waals surface area contributed by atoms with Crippen LogP contribution in [0.3, 0.4) is 0 Å². The fraction of sp³-hybridized carbons (Fsp3) is 0.381. The molecule has 0 spiro atoms. The Labute approximate surface area is 171 Å². The number of aryl methyl sites for hydroxylation is 1. The lowest BCUT2D eigenvalue weighted by atomic mass is 10.0. The van der Waals surface area contributed by atoms with Gasteiger partial charge in [0.15, 0.2) is 0 Å². The lowest BCUT2D eigenvalue weighted by Gasteiger charge is -2.34. The average Bonchev–Trinajstić information content (AvgIpc) is 2.69. The maximum absolute atomic E-state index is 13.1. The molecule has 1 aliphatic heterocycles. The highest BCUT2D eigenvalue weighted by atomic mass is 35.5. The minimum absolute atomic E-state index is 0.144. The Balaban J connectivity index is 1.76. The predicted octanol–water partition coefficient (Wildman–Crippen LogP) is 4.47. The SMILES string of the molecule is CCc1ccccc1NC(=O)C[C@H]1CCCCN1S(=O)(=O)c1ccc(Cl)cc1. The van der Waals surface area contributed by atoms with Crippen molar-refractivity contribution >= 4 is 33.2 Å². The third-order valence-electron chi connectivity index (χ3n) is 5.09. The Morgan fingerprint density at radius 1 is 1.14 bits per heavy atom. The van der Waals surface area contributed by atoms with Crippen LogP contribution in [0, 0.1) is 0 Å². The number of nitrogens with zero attached hydrogens (tertiary/aromatic N) is 1. The Bertz CT molecular complexity index is 929. The van der Waals surface area contributed by atoms with Crippen LogP contribution in [0.4, 0.5) is 5.69 Å². The van der Waals surface area contributed by atoms with Crippen molar-refractivity contribution in [3.63, 3.8) is 0 Å². The van der Waals surface area contributed by atoms with E-state index in [1.165, 1.54) is 16.4 Å². The molecule has 2 aromatic carbocycles.